The van der Waals surface area contributed by atoms with Crippen LogP contribution in [0.1, 0.15) is 25.7 Å². The zero-order valence-corrected chi connectivity index (χ0v) is 13.8. The zero-order chi connectivity index (χ0) is 12.5. The summed E-state index contributed by atoms with van der Waals surface area (Å²) in [4.78, 5) is 5.47. The molecule has 0 radical (unpaired) electrons. The van der Waals surface area contributed by atoms with Crippen molar-refractivity contribution >= 4 is 33.3 Å². The highest BCUT2D eigenvalue weighted by Gasteiger charge is 2.62. The lowest BCUT2D eigenvalue weighted by molar-refractivity contribution is 0.0973. The molecule has 7 heterocycles. The number of fused-ring (bicyclic) bond motifs is 4. The largest absolute Gasteiger partial charge is 0.301 e. The molecule has 0 N–H and O–H groups in total. The van der Waals surface area contributed by atoms with Gasteiger partial charge in [-0.3, -0.25) is 0 Å². The molecule has 106 valence electrons. The lowest BCUT2D eigenvalue weighted by Crippen LogP contribution is -2.58. The van der Waals surface area contributed by atoms with Crippen LogP contribution in [0.15, 0.2) is 0 Å². The average Bonchev–Trinajstić information content (AvgIpc) is 2.80. The fourth-order valence-corrected chi connectivity index (χ4v) is 12.7. The fraction of sp³-hybridized carbons (Fsp3) is 1.00. The van der Waals surface area contributed by atoms with Crippen molar-refractivity contribution in [1.29, 1.82) is 0 Å². The molecule has 2 spiro atoms. The van der Waals surface area contributed by atoms with E-state index in [0.29, 0.717) is 8.16 Å². The Morgan fingerprint density at radius 3 is 1.42 bits per heavy atom. The van der Waals surface area contributed by atoms with Crippen molar-refractivity contribution < 1.29 is 0 Å². The first kappa shape index (κ1) is 12.5. The van der Waals surface area contributed by atoms with E-state index >= 15 is 0 Å². The van der Waals surface area contributed by atoms with Crippen LogP contribution in [-0.4, -0.2) is 57.2 Å². The molecule has 0 unspecified atom stereocenters. The molecule has 7 saturated heterocycles. The number of hydrogen-bond donors (Lipinski definition) is 0. The van der Waals surface area contributed by atoms with E-state index < -0.39 is 0 Å². The van der Waals surface area contributed by atoms with Crippen LogP contribution >= 0.6 is 33.3 Å². The Hall–Kier alpha value is 0.970. The molecule has 5 heteroatoms. The molecule has 0 saturated carbocycles. The second-order valence-corrected chi connectivity index (χ2v) is 12.0. The van der Waals surface area contributed by atoms with Crippen molar-refractivity contribution in [1.82, 2.24) is 9.80 Å². The van der Waals surface area contributed by atoms with Gasteiger partial charge in [0.25, 0.3) is 0 Å². The van der Waals surface area contributed by atoms with Gasteiger partial charge in [0, 0.05) is 13.1 Å². The summed E-state index contributed by atoms with van der Waals surface area (Å²) >= 11 is 2.43. The Bertz CT molecular complexity index is 354. The Kier molecular flexibility index (Phi) is 2.80. The summed E-state index contributed by atoms with van der Waals surface area (Å²) in [5, 5.41) is 0. The molecule has 19 heavy (non-hydrogen) atoms. The number of rotatable bonds is 0. The van der Waals surface area contributed by atoms with E-state index in [1.54, 1.807) is 0 Å². The highest BCUT2D eigenvalue weighted by atomic mass is 33.1. The van der Waals surface area contributed by atoms with Gasteiger partial charge in [-0.25, -0.2) is 0 Å². The van der Waals surface area contributed by atoms with E-state index in [0.717, 1.165) is 11.8 Å². The van der Waals surface area contributed by atoms with Gasteiger partial charge in [0.05, 0.1) is 8.16 Å². The quantitative estimate of drug-likeness (QED) is 0.632. The lowest BCUT2D eigenvalue weighted by atomic mass is 9.87. The maximum Gasteiger partial charge on any atom is 0.0884 e. The van der Waals surface area contributed by atoms with Crippen LogP contribution in [-0.2, 0) is 0 Å². The SMILES string of the molecule is C1CN2CCC1[C@]1(C2)SS[C@]2(CN3CCC2CC3)S1. The summed E-state index contributed by atoms with van der Waals surface area (Å²) in [6, 6.07) is 0. The standard InChI is InChI=1S/C14H22N2S3/c1-5-15-6-2-11(1)13(9-15)17-14(19-18-13)10-16-7-3-12(14)4-8-16/h11-12H,1-10H2/t13-,14-/m0/s1. The molecular formula is C14H22N2S3. The molecule has 0 aromatic heterocycles. The van der Waals surface area contributed by atoms with Crippen molar-refractivity contribution in [2.75, 3.05) is 39.3 Å². The second kappa shape index (κ2) is 4.25. The zero-order valence-electron chi connectivity index (χ0n) is 11.3. The van der Waals surface area contributed by atoms with Gasteiger partial charge in [-0.05, 0) is 63.7 Å². The summed E-state index contributed by atoms with van der Waals surface area (Å²) in [6.07, 6.45) is 5.85. The Labute approximate surface area is 128 Å². The Morgan fingerprint density at radius 2 is 1.11 bits per heavy atom. The fourth-order valence-electron chi connectivity index (χ4n) is 4.83. The number of hydrogen-bond acceptors (Lipinski definition) is 5. The minimum Gasteiger partial charge on any atom is -0.301 e. The summed E-state index contributed by atoms with van der Waals surface area (Å²) in [6.45, 7) is 8.24. The molecule has 7 aliphatic heterocycles. The number of thioether (sulfide) groups is 1. The number of nitrogens with zero attached hydrogens (tertiary/aromatic N) is 2. The number of piperidine rings is 6. The molecule has 4 bridgehead atoms. The molecule has 0 aromatic carbocycles. The second-order valence-electron chi connectivity index (χ2n) is 6.99. The maximum atomic E-state index is 2.74. The Morgan fingerprint density at radius 1 is 0.684 bits per heavy atom. The normalized spacial score (nSPS) is 59.4. The monoisotopic (exact) mass is 314 g/mol. The van der Waals surface area contributed by atoms with Crippen molar-refractivity contribution in [2.45, 2.75) is 33.8 Å². The molecule has 0 aliphatic carbocycles. The predicted molar refractivity (Wildman–Crippen MR) is 86.6 cm³/mol. The van der Waals surface area contributed by atoms with E-state index in [2.05, 4.69) is 43.1 Å². The van der Waals surface area contributed by atoms with Gasteiger partial charge in [-0.2, -0.15) is 0 Å². The smallest absolute Gasteiger partial charge is 0.0884 e. The van der Waals surface area contributed by atoms with Crippen LogP contribution < -0.4 is 0 Å². The van der Waals surface area contributed by atoms with Crippen LogP contribution in [0.25, 0.3) is 0 Å². The van der Waals surface area contributed by atoms with Crippen molar-refractivity contribution in [3.63, 3.8) is 0 Å². The van der Waals surface area contributed by atoms with Gasteiger partial charge in [0.2, 0.25) is 0 Å². The van der Waals surface area contributed by atoms with Crippen LogP contribution in [0.2, 0.25) is 0 Å². The lowest BCUT2D eigenvalue weighted by Gasteiger charge is -2.53. The van der Waals surface area contributed by atoms with Crippen molar-refractivity contribution in [3.8, 4) is 0 Å². The van der Waals surface area contributed by atoms with E-state index in [1.807, 2.05) is 0 Å². The van der Waals surface area contributed by atoms with Crippen LogP contribution in [0.3, 0.4) is 0 Å². The molecule has 7 aliphatic rings. The van der Waals surface area contributed by atoms with E-state index in [9.17, 15) is 0 Å². The summed E-state index contributed by atoms with van der Waals surface area (Å²) in [5.41, 5.74) is 0. The van der Waals surface area contributed by atoms with Crippen molar-refractivity contribution in [2.24, 2.45) is 11.8 Å². The summed E-state index contributed by atoms with van der Waals surface area (Å²) in [7, 11) is 4.57. The molecular weight excluding hydrogens is 292 g/mol. The predicted octanol–water partition coefficient (Wildman–Crippen LogP) is 2.96. The van der Waals surface area contributed by atoms with Gasteiger partial charge < -0.3 is 9.80 Å². The maximum absolute atomic E-state index is 2.74. The van der Waals surface area contributed by atoms with E-state index in [4.69, 9.17) is 0 Å². The highest BCUT2D eigenvalue weighted by molar-refractivity contribution is 8.83. The average molecular weight is 315 g/mol. The molecule has 2 atom stereocenters. The third kappa shape index (κ3) is 1.74. The van der Waals surface area contributed by atoms with Gasteiger partial charge in [0.1, 0.15) is 0 Å². The summed E-state index contributed by atoms with van der Waals surface area (Å²) in [5.74, 6) is 1.99. The van der Waals surface area contributed by atoms with Gasteiger partial charge in [-0.1, -0.05) is 21.6 Å². The van der Waals surface area contributed by atoms with E-state index in [1.165, 1.54) is 65.0 Å². The summed E-state index contributed by atoms with van der Waals surface area (Å²) < 4.78 is 1.11. The third-order valence-corrected chi connectivity index (χ3v) is 12.8. The van der Waals surface area contributed by atoms with Gasteiger partial charge in [0.15, 0.2) is 0 Å². The third-order valence-electron chi connectivity index (χ3n) is 5.98. The topological polar surface area (TPSA) is 6.48 Å². The molecule has 7 fully saturated rings. The minimum atomic E-state index is 0.555. The Balaban J connectivity index is 1.44. The van der Waals surface area contributed by atoms with Gasteiger partial charge >= 0.3 is 0 Å². The molecule has 0 amide bonds. The minimum absolute atomic E-state index is 0.555. The van der Waals surface area contributed by atoms with E-state index in [-0.39, 0.29) is 0 Å². The first-order chi connectivity index (χ1) is 9.28. The van der Waals surface area contributed by atoms with Crippen LogP contribution in [0, 0.1) is 11.8 Å². The molecule has 2 nitrogen and oxygen atoms in total. The first-order valence-corrected chi connectivity index (χ1v) is 10.8. The van der Waals surface area contributed by atoms with Crippen LogP contribution in [0.5, 0.6) is 0 Å². The first-order valence-electron chi connectivity index (χ1n) is 7.80. The van der Waals surface area contributed by atoms with Crippen LogP contribution in [0.4, 0.5) is 0 Å². The highest BCUT2D eigenvalue weighted by Crippen LogP contribution is 2.73. The molecule has 0 aromatic rings. The molecule has 7 rings (SSSR count). The van der Waals surface area contributed by atoms with Crippen molar-refractivity contribution in [3.05, 3.63) is 0 Å². The van der Waals surface area contributed by atoms with Gasteiger partial charge in [-0.15, -0.1) is 11.8 Å².